The van der Waals surface area contributed by atoms with E-state index in [4.69, 9.17) is 0 Å². The Labute approximate surface area is 64.3 Å². The van der Waals surface area contributed by atoms with E-state index in [0.717, 1.165) is 11.8 Å². The van der Waals surface area contributed by atoms with E-state index in [0.29, 0.717) is 0 Å². The normalized spacial score (nSPS) is 32.5. The quantitative estimate of drug-likeness (QED) is 0.513. The van der Waals surface area contributed by atoms with Gasteiger partial charge in [0, 0.05) is 0 Å². The maximum Gasteiger partial charge on any atom is -0.0203 e. The smallest absolute Gasteiger partial charge is 0.0203 e. The van der Waals surface area contributed by atoms with Crippen LogP contribution in [0.25, 0.3) is 0 Å². The number of allylic oxidation sites excluding steroid dienone is 2. The van der Waals surface area contributed by atoms with Gasteiger partial charge >= 0.3 is 0 Å². The average Bonchev–Trinajstić information content (AvgIpc) is 2.20. The van der Waals surface area contributed by atoms with Crippen molar-refractivity contribution in [1.29, 1.82) is 0 Å². The minimum absolute atomic E-state index is 0.861. The zero-order valence-corrected chi connectivity index (χ0v) is 7.35. The van der Waals surface area contributed by atoms with Gasteiger partial charge in [-0.1, -0.05) is 31.9 Å². The summed E-state index contributed by atoms with van der Waals surface area (Å²) < 4.78 is 0. The number of rotatable bonds is 2. The molecule has 0 aliphatic heterocycles. The Balaban J connectivity index is 2.40. The third-order valence-electron chi connectivity index (χ3n) is 2.83. The molecule has 0 aromatic carbocycles. The van der Waals surface area contributed by atoms with E-state index in [1.165, 1.54) is 19.3 Å². The molecule has 0 heterocycles. The predicted octanol–water partition coefficient (Wildman–Crippen LogP) is 3.39. The highest BCUT2D eigenvalue weighted by Crippen LogP contribution is 2.33. The summed E-state index contributed by atoms with van der Waals surface area (Å²) in [7, 11) is 0. The van der Waals surface area contributed by atoms with Gasteiger partial charge in [0.15, 0.2) is 0 Å². The summed E-state index contributed by atoms with van der Waals surface area (Å²) in [5, 5.41) is 0. The first-order chi connectivity index (χ1) is 4.75. The van der Waals surface area contributed by atoms with Crippen LogP contribution in [0.3, 0.4) is 0 Å². The maximum atomic E-state index is 2.41. The van der Waals surface area contributed by atoms with Gasteiger partial charge in [0.25, 0.3) is 0 Å². The molecule has 1 aliphatic rings. The van der Waals surface area contributed by atoms with Gasteiger partial charge in [0.05, 0.1) is 0 Å². The highest BCUT2D eigenvalue weighted by Gasteiger charge is 2.21. The lowest BCUT2D eigenvalue weighted by Gasteiger charge is -2.15. The summed E-state index contributed by atoms with van der Waals surface area (Å²) in [6.45, 7) is 6.90. The molecule has 2 unspecified atom stereocenters. The van der Waals surface area contributed by atoms with E-state index < -0.39 is 0 Å². The van der Waals surface area contributed by atoms with Crippen molar-refractivity contribution in [2.24, 2.45) is 11.8 Å². The molecule has 0 spiro atoms. The Morgan fingerprint density at radius 2 is 2.30 bits per heavy atom. The number of hydrogen-bond acceptors (Lipinski definition) is 0. The molecule has 0 saturated carbocycles. The highest BCUT2D eigenvalue weighted by molar-refractivity contribution is 5.11. The summed E-state index contributed by atoms with van der Waals surface area (Å²) in [6, 6.07) is 0. The summed E-state index contributed by atoms with van der Waals surface area (Å²) in [5.74, 6) is 1.82. The van der Waals surface area contributed by atoms with E-state index >= 15 is 0 Å². The van der Waals surface area contributed by atoms with Crippen LogP contribution in [0.5, 0.6) is 0 Å². The Hall–Kier alpha value is -0.260. The third-order valence-corrected chi connectivity index (χ3v) is 2.83. The van der Waals surface area contributed by atoms with Crippen molar-refractivity contribution in [3.8, 4) is 0 Å². The molecular formula is C10H18. The van der Waals surface area contributed by atoms with Crippen molar-refractivity contribution in [3.05, 3.63) is 11.6 Å². The summed E-state index contributed by atoms with van der Waals surface area (Å²) in [6.07, 6.45) is 6.50. The zero-order chi connectivity index (χ0) is 7.56. The van der Waals surface area contributed by atoms with E-state index in [2.05, 4.69) is 26.8 Å². The third kappa shape index (κ3) is 1.42. The first-order valence-corrected chi connectivity index (χ1v) is 4.42. The fourth-order valence-corrected chi connectivity index (χ4v) is 1.84. The maximum absolute atomic E-state index is 2.41. The fourth-order valence-electron chi connectivity index (χ4n) is 1.84. The summed E-state index contributed by atoms with van der Waals surface area (Å²) >= 11 is 0. The molecule has 0 radical (unpaired) electrons. The minimum Gasteiger partial charge on any atom is -0.0850 e. The predicted molar refractivity (Wildman–Crippen MR) is 45.9 cm³/mol. The molecular weight excluding hydrogens is 120 g/mol. The van der Waals surface area contributed by atoms with Crippen LogP contribution >= 0.6 is 0 Å². The summed E-state index contributed by atoms with van der Waals surface area (Å²) in [4.78, 5) is 0. The zero-order valence-electron chi connectivity index (χ0n) is 7.35. The number of hydrogen-bond donors (Lipinski definition) is 0. The first kappa shape index (κ1) is 7.84. The largest absolute Gasteiger partial charge is 0.0850 e. The lowest BCUT2D eigenvalue weighted by molar-refractivity contribution is 0.405. The van der Waals surface area contributed by atoms with E-state index in [1.807, 2.05) is 0 Å². The van der Waals surface area contributed by atoms with Crippen LogP contribution in [0.2, 0.25) is 0 Å². The molecule has 58 valence electrons. The Morgan fingerprint density at radius 1 is 1.60 bits per heavy atom. The van der Waals surface area contributed by atoms with E-state index in [1.54, 1.807) is 5.57 Å². The van der Waals surface area contributed by atoms with Gasteiger partial charge in [-0.3, -0.25) is 0 Å². The molecule has 0 saturated heterocycles. The average molecular weight is 138 g/mol. The van der Waals surface area contributed by atoms with Crippen LogP contribution in [0.15, 0.2) is 11.6 Å². The van der Waals surface area contributed by atoms with Gasteiger partial charge in [0.1, 0.15) is 0 Å². The van der Waals surface area contributed by atoms with Crippen molar-refractivity contribution < 1.29 is 0 Å². The standard InChI is InChI=1S/C10H18/c1-4-5-10-7-6-8(2)9(10)3/h6,9-10H,4-5,7H2,1-3H3. The van der Waals surface area contributed by atoms with Gasteiger partial charge in [0.2, 0.25) is 0 Å². The van der Waals surface area contributed by atoms with Crippen LogP contribution in [-0.4, -0.2) is 0 Å². The highest BCUT2D eigenvalue weighted by atomic mass is 14.3. The molecule has 0 N–H and O–H groups in total. The van der Waals surface area contributed by atoms with Gasteiger partial charge in [-0.25, -0.2) is 0 Å². The van der Waals surface area contributed by atoms with E-state index in [-0.39, 0.29) is 0 Å². The lowest BCUT2D eigenvalue weighted by atomic mass is 9.90. The van der Waals surface area contributed by atoms with Crippen molar-refractivity contribution in [2.45, 2.75) is 40.0 Å². The molecule has 0 aromatic heterocycles. The molecule has 0 heteroatoms. The van der Waals surface area contributed by atoms with Crippen molar-refractivity contribution >= 4 is 0 Å². The van der Waals surface area contributed by atoms with Crippen molar-refractivity contribution in [3.63, 3.8) is 0 Å². The second-order valence-electron chi connectivity index (χ2n) is 3.52. The first-order valence-electron chi connectivity index (χ1n) is 4.42. The molecule has 0 aromatic rings. The SMILES string of the molecule is CCCC1CC=C(C)C1C. The lowest BCUT2D eigenvalue weighted by Crippen LogP contribution is -2.05. The molecule has 1 rings (SSSR count). The van der Waals surface area contributed by atoms with Gasteiger partial charge in [-0.05, 0) is 31.6 Å². The van der Waals surface area contributed by atoms with Crippen molar-refractivity contribution in [2.75, 3.05) is 0 Å². The van der Waals surface area contributed by atoms with Gasteiger partial charge in [-0.15, -0.1) is 0 Å². The fraction of sp³-hybridized carbons (Fsp3) is 0.800. The van der Waals surface area contributed by atoms with Crippen molar-refractivity contribution in [1.82, 2.24) is 0 Å². The molecule has 0 amide bonds. The molecule has 0 bridgehead atoms. The topological polar surface area (TPSA) is 0 Å². The Kier molecular flexibility index (Phi) is 2.53. The van der Waals surface area contributed by atoms with Gasteiger partial charge in [-0.2, -0.15) is 0 Å². The molecule has 2 atom stereocenters. The monoisotopic (exact) mass is 138 g/mol. The van der Waals surface area contributed by atoms with Crippen LogP contribution in [0.4, 0.5) is 0 Å². The molecule has 1 aliphatic carbocycles. The Bertz CT molecular complexity index is 133. The molecule has 10 heavy (non-hydrogen) atoms. The Morgan fingerprint density at radius 3 is 2.70 bits per heavy atom. The summed E-state index contributed by atoms with van der Waals surface area (Å²) in [5.41, 5.74) is 1.61. The second-order valence-corrected chi connectivity index (χ2v) is 3.52. The molecule has 0 fully saturated rings. The minimum atomic E-state index is 0.861. The van der Waals surface area contributed by atoms with Crippen LogP contribution in [-0.2, 0) is 0 Å². The van der Waals surface area contributed by atoms with Crippen LogP contribution < -0.4 is 0 Å². The second kappa shape index (κ2) is 3.23. The van der Waals surface area contributed by atoms with Gasteiger partial charge < -0.3 is 0 Å². The van der Waals surface area contributed by atoms with Crippen LogP contribution in [0, 0.1) is 11.8 Å². The molecule has 0 nitrogen and oxygen atoms in total. The van der Waals surface area contributed by atoms with E-state index in [9.17, 15) is 0 Å². The van der Waals surface area contributed by atoms with Crippen LogP contribution in [0.1, 0.15) is 40.0 Å².